The Balaban J connectivity index is 0.000000243. The Bertz CT molecular complexity index is 1530. The van der Waals surface area contributed by atoms with Crippen molar-refractivity contribution in [1.29, 1.82) is 0 Å². The second kappa shape index (κ2) is 13.2. The Kier molecular flexibility index (Phi) is 10.4. The van der Waals surface area contributed by atoms with Gasteiger partial charge in [-0.1, -0.05) is 87.7 Å². The van der Waals surface area contributed by atoms with Crippen LogP contribution < -0.4 is 0 Å². The van der Waals surface area contributed by atoms with Crippen molar-refractivity contribution < 1.29 is 30.0 Å². The van der Waals surface area contributed by atoms with Crippen LogP contribution in [0.15, 0.2) is 60.6 Å². The average Bonchev–Trinajstić information content (AvgIpc) is 2.93. The summed E-state index contributed by atoms with van der Waals surface area (Å²) in [4.78, 5) is 21.3. The van der Waals surface area contributed by atoms with Crippen molar-refractivity contribution in [1.82, 2.24) is 9.97 Å². The molecule has 5 rings (SSSR count). The van der Waals surface area contributed by atoms with E-state index in [0.717, 1.165) is 47.8 Å². The minimum atomic E-state index is -0.130. The Labute approximate surface area is 252 Å². The van der Waals surface area contributed by atoms with Crippen LogP contribution in [0.5, 0.6) is 0 Å². The number of ketones is 1. The van der Waals surface area contributed by atoms with Crippen molar-refractivity contribution in [2.45, 2.75) is 79.6 Å². The van der Waals surface area contributed by atoms with Gasteiger partial charge in [-0.25, -0.2) is 0 Å². The second-order valence-corrected chi connectivity index (χ2v) is 11.2. The monoisotopic (exact) mass is 714 g/mol. The van der Waals surface area contributed by atoms with Crippen LogP contribution in [0.25, 0.3) is 32.9 Å². The molecule has 2 heterocycles. The summed E-state index contributed by atoms with van der Waals surface area (Å²) >= 11 is 0. The van der Waals surface area contributed by atoms with Crippen LogP contribution in [0.1, 0.15) is 83.9 Å². The van der Waals surface area contributed by atoms with Gasteiger partial charge in [0.15, 0.2) is 5.78 Å². The number of nitrogens with zero attached hydrogens (tertiary/aromatic N) is 2. The summed E-state index contributed by atoms with van der Waals surface area (Å²) in [6.07, 6.45) is 8.84. The van der Waals surface area contributed by atoms with E-state index in [1.54, 1.807) is 0 Å². The first-order chi connectivity index (χ1) is 18.7. The van der Waals surface area contributed by atoms with Crippen LogP contribution in [-0.4, -0.2) is 20.9 Å². The van der Waals surface area contributed by atoms with Gasteiger partial charge in [0.1, 0.15) is 0 Å². The van der Waals surface area contributed by atoms with E-state index >= 15 is 0 Å². The molecule has 40 heavy (non-hydrogen) atoms. The van der Waals surface area contributed by atoms with Gasteiger partial charge >= 0.3 is 0 Å². The molecular weight excluding hydrogens is 673 g/mol. The first kappa shape index (κ1) is 31.6. The molecule has 4 nitrogen and oxygen atoms in total. The summed E-state index contributed by atoms with van der Waals surface area (Å²) in [6.45, 7) is 14.7. The number of pyridine rings is 2. The molecule has 1 aliphatic carbocycles. The van der Waals surface area contributed by atoms with Crippen LogP contribution in [0.2, 0.25) is 0 Å². The summed E-state index contributed by atoms with van der Waals surface area (Å²) in [6, 6.07) is 16.2. The molecule has 1 N–H and O–H groups in total. The number of carbonyl (C=O) groups excluding carboxylic acids is 1. The predicted molar refractivity (Wildman–Crippen MR) is 162 cm³/mol. The van der Waals surface area contributed by atoms with E-state index in [2.05, 4.69) is 62.2 Å². The molecule has 2 aromatic carbocycles. The van der Waals surface area contributed by atoms with E-state index in [1.165, 1.54) is 33.5 Å². The van der Waals surface area contributed by atoms with Crippen LogP contribution in [0.4, 0.5) is 0 Å². The molecule has 1 aliphatic rings. The van der Waals surface area contributed by atoms with Gasteiger partial charge in [0.25, 0.3) is 0 Å². The standard InChI is InChI=1S/C22H17N2.C13H24O2.Ir/c1-13-6-4-7-14-10-17-21(24-20(13)14)16-9-5-8-15-11-23-12-18(19(15)16)22(17,2)3;1-5-10(6-2)12(14)9-13(15)11(7-3)8-4;/h4-8,10-12H,1-3H3;9-11,14H,5-8H2,1-4H3;/q-1;;/b;12-9-;. The molecule has 0 spiro atoms. The molecule has 0 unspecified atom stereocenters. The van der Waals surface area contributed by atoms with E-state index in [1.807, 2.05) is 46.2 Å². The molecule has 0 saturated carbocycles. The Hall–Kier alpha value is -2.88. The van der Waals surface area contributed by atoms with E-state index in [9.17, 15) is 9.90 Å². The van der Waals surface area contributed by atoms with E-state index in [-0.39, 0.29) is 48.9 Å². The van der Waals surface area contributed by atoms with E-state index in [0.29, 0.717) is 0 Å². The number of aromatic nitrogens is 2. The summed E-state index contributed by atoms with van der Waals surface area (Å²) in [7, 11) is 0. The van der Waals surface area contributed by atoms with E-state index in [4.69, 9.17) is 4.98 Å². The number of rotatable bonds is 7. The SMILES string of the molecule is CCC(CC)C(=O)/C=C(\O)C(CC)CC.Cc1cccc2cc3c(nc12)-c1[c-]ccc2cncc(c12)C3(C)C.[Ir]. The third-order valence-corrected chi connectivity index (χ3v) is 8.43. The fraction of sp³-hybridized carbons (Fsp3) is 0.400. The smallest absolute Gasteiger partial charge is 0.162 e. The van der Waals surface area contributed by atoms with Crippen LogP contribution in [-0.2, 0) is 30.3 Å². The van der Waals surface area contributed by atoms with Gasteiger partial charge in [0.2, 0.25) is 0 Å². The molecule has 213 valence electrons. The number of aliphatic hydroxyl groups excluding tert-OH is 1. The molecule has 5 heteroatoms. The number of aryl methyl sites for hydroxylation is 1. The van der Waals surface area contributed by atoms with Crippen molar-refractivity contribution >= 4 is 27.5 Å². The molecule has 0 atom stereocenters. The third kappa shape index (κ3) is 5.92. The van der Waals surface area contributed by atoms with Crippen molar-refractivity contribution in [3.8, 4) is 11.3 Å². The van der Waals surface area contributed by atoms with Gasteiger partial charge < -0.3 is 5.11 Å². The quantitative estimate of drug-likeness (QED) is 0.118. The van der Waals surface area contributed by atoms with Crippen molar-refractivity contribution in [3.05, 3.63) is 83.4 Å². The van der Waals surface area contributed by atoms with Gasteiger partial charge in [-0.3, -0.25) is 14.8 Å². The zero-order valence-electron chi connectivity index (χ0n) is 24.8. The van der Waals surface area contributed by atoms with Crippen LogP contribution >= 0.6 is 0 Å². The largest absolute Gasteiger partial charge is 0.512 e. The maximum Gasteiger partial charge on any atom is 0.162 e. The topological polar surface area (TPSA) is 63.1 Å². The van der Waals surface area contributed by atoms with Gasteiger partial charge in [-0.05, 0) is 49.3 Å². The Morgan fingerprint density at radius 1 is 0.975 bits per heavy atom. The van der Waals surface area contributed by atoms with Crippen molar-refractivity contribution in [2.24, 2.45) is 11.8 Å². The fourth-order valence-electron chi connectivity index (χ4n) is 5.77. The number of carbonyl (C=O) groups is 1. The average molecular weight is 714 g/mol. The zero-order valence-corrected chi connectivity index (χ0v) is 27.2. The number of aliphatic hydroxyl groups is 1. The predicted octanol–water partition coefficient (Wildman–Crippen LogP) is 9.07. The normalized spacial score (nSPS) is 13.6. The summed E-state index contributed by atoms with van der Waals surface area (Å²) in [5.41, 5.74) is 6.83. The van der Waals surface area contributed by atoms with Gasteiger partial charge in [0, 0.05) is 55.8 Å². The molecule has 0 saturated heterocycles. The Morgan fingerprint density at radius 3 is 2.30 bits per heavy atom. The van der Waals surface area contributed by atoms with Crippen LogP contribution in [0, 0.1) is 24.8 Å². The van der Waals surface area contributed by atoms with Crippen LogP contribution in [0.3, 0.4) is 0 Å². The molecule has 2 aromatic heterocycles. The molecule has 0 amide bonds. The number of benzene rings is 2. The summed E-state index contributed by atoms with van der Waals surface area (Å²) < 4.78 is 0. The molecular formula is C35H41IrN2O2-. The van der Waals surface area contributed by atoms with E-state index < -0.39 is 0 Å². The minimum Gasteiger partial charge on any atom is -0.512 e. The molecule has 4 aromatic rings. The second-order valence-electron chi connectivity index (χ2n) is 11.2. The van der Waals surface area contributed by atoms with Gasteiger partial charge in [-0.15, -0.1) is 23.8 Å². The number of hydrogen-bond acceptors (Lipinski definition) is 4. The Morgan fingerprint density at radius 2 is 1.65 bits per heavy atom. The van der Waals surface area contributed by atoms with Gasteiger partial charge in [-0.2, -0.15) is 0 Å². The number of hydrogen-bond donors (Lipinski definition) is 1. The van der Waals surface area contributed by atoms with Gasteiger partial charge in [0.05, 0.1) is 11.3 Å². The summed E-state index contributed by atoms with van der Waals surface area (Å²) in [5.74, 6) is 0.547. The third-order valence-electron chi connectivity index (χ3n) is 8.43. The minimum absolute atomic E-state index is 0. The number of fused-ring (bicyclic) bond motifs is 3. The maximum absolute atomic E-state index is 11.7. The fourth-order valence-corrected chi connectivity index (χ4v) is 5.77. The molecule has 0 fully saturated rings. The molecule has 0 aliphatic heterocycles. The maximum atomic E-state index is 11.7. The first-order valence-corrected chi connectivity index (χ1v) is 14.3. The summed E-state index contributed by atoms with van der Waals surface area (Å²) in [5, 5.41) is 13.4. The van der Waals surface area contributed by atoms with Crippen molar-refractivity contribution in [2.75, 3.05) is 0 Å². The zero-order chi connectivity index (χ0) is 28.3. The number of para-hydroxylation sites is 1. The van der Waals surface area contributed by atoms with Crippen molar-refractivity contribution in [3.63, 3.8) is 0 Å². The first-order valence-electron chi connectivity index (χ1n) is 14.3. The number of allylic oxidation sites excluding steroid dienone is 2. The molecule has 1 radical (unpaired) electrons. The molecule has 0 bridgehead atoms.